The van der Waals surface area contributed by atoms with Gasteiger partial charge in [-0.3, -0.25) is 9.59 Å². The summed E-state index contributed by atoms with van der Waals surface area (Å²) in [6.45, 7) is 5.13. The number of carbonyl (C=O) groups is 3. The Hall–Kier alpha value is -2.19. The lowest BCUT2D eigenvalue weighted by molar-refractivity contribution is -0.129. The summed E-state index contributed by atoms with van der Waals surface area (Å²) in [5, 5.41) is 9.36. The van der Waals surface area contributed by atoms with Crippen molar-refractivity contribution in [3.63, 3.8) is 0 Å². The highest BCUT2D eigenvalue weighted by Crippen LogP contribution is 2.38. The van der Waals surface area contributed by atoms with E-state index in [-0.39, 0.29) is 17.4 Å². The van der Waals surface area contributed by atoms with Gasteiger partial charge in [0.2, 0.25) is 5.91 Å². The number of nitrogens with one attached hydrogen (secondary N) is 2. The van der Waals surface area contributed by atoms with Crippen LogP contribution in [0.25, 0.3) is 10.4 Å². The van der Waals surface area contributed by atoms with E-state index in [2.05, 4.69) is 10.6 Å². The summed E-state index contributed by atoms with van der Waals surface area (Å²) in [5.74, 6) is -1.28. The van der Waals surface area contributed by atoms with Crippen molar-refractivity contribution < 1.29 is 19.1 Å². The molecule has 0 unspecified atom stereocenters. The Kier molecular flexibility index (Phi) is 6.10. The zero-order chi connectivity index (χ0) is 17.7. The SMILES string of the molecule is CCNC(=O)[C@@H](C)OC(=O)c1c(-c2cccs2)csc1NC(C)=O. The van der Waals surface area contributed by atoms with E-state index < -0.39 is 12.1 Å². The molecule has 2 aromatic heterocycles. The molecule has 2 N–H and O–H groups in total. The summed E-state index contributed by atoms with van der Waals surface area (Å²) in [5.41, 5.74) is 0.959. The molecule has 128 valence electrons. The van der Waals surface area contributed by atoms with Gasteiger partial charge >= 0.3 is 5.97 Å². The number of ether oxygens (including phenoxy) is 1. The fourth-order valence-electron chi connectivity index (χ4n) is 2.02. The van der Waals surface area contributed by atoms with E-state index in [0.29, 0.717) is 17.1 Å². The molecule has 0 aromatic carbocycles. The molecular formula is C16H18N2O4S2. The Morgan fingerprint density at radius 1 is 1.29 bits per heavy atom. The molecule has 0 spiro atoms. The van der Waals surface area contributed by atoms with Gasteiger partial charge < -0.3 is 15.4 Å². The number of thiophene rings is 2. The lowest BCUT2D eigenvalue weighted by Gasteiger charge is -2.14. The Bertz CT molecular complexity index is 737. The lowest BCUT2D eigenvalue weighted by Crippen LogP contribution is -2.35. The maximum atomic E-state index is 12.6. The van der Waals surface area contributed by atoms with Gasteiger partial charge in [0.05, 0.1) is 0 Å². The van der Waals surface area contributed by atoms with E-state index in [4.69, 9.17) is 4.74 Å². The predicted molar refractivity (Wildman–Crippen MR) is 95.5 cm³/mol. The number of rotatable bonds is 6. The number of esters is 1. The van der Waals surface area contributed by atoms with Gasteiger partial charge in [0.25, 0.3) is 5.91 Å². The van der Waals surface area contributed by atoms with Crippen LogP contribution >= 0.6 is 22.7 Å². The van der Waals surface area contributed by atoms with Crippen LogP contribution in [0.3, 0.4) is 0 Å². The van der Waals surface area contributed by atoms with Crippen molar-refractivity contribution in [2.45, 2.75) is 26.9 Å². The summed E-state index contributed by atoms with van der Waals surface area (Å²) < 4.78 is 5.28. The molecule has 0 aliphatic carbocycles. The average molecular weight is 366 g/mol. The van der Waals surface area contributed by atoms with Crippen molar-refractivity contribution in [1.82, 2.24) is 5.32 Å². The van der Waals surface area contributed by atoms with E-state index in [1.165, 1.54) is 36.5 Å². The molecule has 0 saturated heterocycles. The Morgan fingerprint density at radius 2 is 2.04 bits per heavy atom. The fraction of sp³-hybridized carbons (Fsp3) is 0.312. The van der Waals surface area contributed by atoms with E-state index >= 15 is 0 Å². The summed E-state index contributed by atoms with van der Waals surface area (Å²) in [4.78, 5) is 36.6. The molecule has 0 fully saturated rings. The highest BCUT2D eigenvalue weighted by molar-refractivity contribution is 7.17. The summed E-state index contributed by atoms with van der Waals surface area (Å²) >= 11 is 2.73. The van der Waals surface area contributed by atoms with Crippen molar-refractivity contribution in [3.05, 3.63) is 28.5 Å². The van der Waals surface area contributed by atoms with Gasteiger partial charge in [-0.15, -0.1) is 22.7 Å². The molecule has 0 aliphatic heterocycles. The van der Waals surface area contributed by atoms with Crippen molar-refractivity contribution >= 4 is 45.5 Å². The number of anilines is 1. The molecule has 24 heavy (non-hydrogen) atoms. The minimum Gasteiger partial charge on any atom is -0.449 e. The van der Waals surface area contributed by atoms with E-state index in [9.17, 15) is 14.4 Å². The Morgan fingerprint density at radius 3 is 2.62 bits per heavy atom. The second-order valence-corrected chi connectivity index (χ2v) is 6.78. The van der Waals surface area contributed by atoms with Crippen LogP contribution in [0.4, 0.5) is 5.00 Å². The van der Waals surface area contributed by atoms with Crippen molar-refractivity contribution in [1.29, 1.82) is 0 Å². The molecule has 0 bridgehead atoms. The topological polar surface area (TPSA) is 84.5 Å². The number of likely N-dealkylation sites (N-methyl/N-ethyl adjacent to an activating group) is 1. The lowest BCUT2D eigenvalue weighted by atomic mass is 10.1. The third kappa shape index (κ3) is 4.21. The fourth-order valence-corrected chi connectivity index (χ4v) is 3.83. The van der Waals surface area contributed by atoms with Gasteiger partial charge in [0.15, 0.2) is 6.10 Å². The van der Waals surface area contributed by atoms with Crippen molar-refractivity contribution in [2.24, 2.45) is 0 Å². The molecule has 1 atom stereocenters. The smallest absolute Gasteiger partial charge is 0.342 e. The van der Waals surface area contributed by atoms with Crippen LogP contribution in [-0.4, -0.2) is 30.4 Å². The minimum atomic E-state index is -0.918. The van der Waals surface area contributed by atoms with Crippen LogP contribution in [0.2, 0.25) is 0 Å². The quantitative estimate of drug-likeness (QED) is 0.769. The summed E-state index contributed by atoms with van der Waals surface area (Å²) in [6, 6.07) is 3.76. The van der Waals surface area contributed by atoms with Crippen LogP contribution < -0.4 is 10.6 Å². The monoisotopic (exact) mass is 366 g/mol. The molecule has 2 rings (SSSR count). The maximum absolute atomic E-state index is 12.6. The molecule has 2 heterocycles. The van der Waals surface area contributed by atoms with E-state index in [1.807, 2.05) is 17.5 Å². The molecule has 0 saturated carbocycles. The van der Waals surface area contributed by atoms with Gasteiger partial charge in [-0.2, -0.15) is 0 Å². The average Bonchev–Trinajstić information content (AvgIpc) is 3.15. The molecule has 2 amide bonds. The minimum absolute atomic E-state index is 0.272. The van der Waals surface area contributed by atoms with E-state index in [1.54, 1.807) is 12.3 Å². The highest BCUT2D eigenvalue weighted by atomic mass is 32.1. The largest absolute Gasteiger partial charge is 0.449 e. The number of carbonyl (C=O) groups excluding carboxylic acids is 3. The first-order chi connectivity index (χ1) is 11.4. The Balaban J connectivity index is 2.32. The molecule has 6 nitrogen and oxygen atoms in total. The van der Waals surface area contributed by atoms with E-state index in [0.717, 1.165) is 4.88 Å². The van der Waals surface area contributed by atoms with Crippen LogP contribution in [0.15, 0.2) is 22.9 Å². The van der Waals surface area contributed by atoms with Crippen molar-refractivity contribution in [3.8, 4) is 10.4 Å². The van der Waals surface area contributed by atoms with Crippen molar-refractivity contribution in [2.75, 3.05) is 11.9 Å². The predicted octanol–water partition coefficient (Wildman–Crippen LogP) is 3.12. The van der Waals surface area contributed by atoms with Crippen LogP contribution in [0.5, 0.6) is 0 Å². The van der Waals surface area contributed by atoms with Gasteiger partial charge in [-0.1, -0.05) is 6.07 Å². The third-order valence-corrected chi connectivity index (χ3v) is 4.87. The van der Waals surface area contributed by atoms with Gasteiger partial charge in [-0.25, -0.2) is 4.79 Å². The van der Waals surface area contributed by atoms with Gasteiger partial charge in [0.1, 0.15) is 10.6 Å². The maximum Gasteiger partial charge on any atom is 0.342 e. The molecule has 8 heteroatoms. The standard InChI is InChI=1S/C16H18N2O4S2/c1-4-17-14(20)9(2)22-16(21)13-11(12-6-5-7-23-12)8-24-15(13)18-10(3)19/h5-9H,4H2,1-3H3,(H,17,20)(H,18,19)/t9-/m1/s1. The highest BCUT2D eigenvalue weighted by Gasteiger charge is 2.26. The summed E-state index contributed by atoms with van der Waals surface area (Å²) in [6.07, 6.45) is -0.918. The number of amides is 2. The second-order valence-electron chi connectivity index (χ2n) is 4.95. The zero-order valence-corrected chi connectivity index (χ0v) is 15.2. The first kappa shape index (κ1) is 18.2. The summed E-state index contributed by atoms with van der Waals surface area (Å²) in [7, 11) is 0. The van der Waals surface area contributed by atoms with Crippen LogP contribution in [0.1, 0.15) is 31.1 Å². The molecule has 2 aromatic rings. The second kappa shape index (κ2) is 8.07. The molecule has 0 radical (unpaired) electrons. The Labute approximate surface area is 147 Å². The molecular weight excluding hydrogens is 348 g/mol. The van der Waals surface area contributed by atoms with Gasteiger partial charge in [0, 0.05) is 29.3 Å². The molecule has 0 aliphatic rings. The third-order valence-electron chi connectivity index (χ3n) is 3.08. The van der Waals surface area contributed by atoms with Gasteiger partial charge in [-0.05, 0) is 25.3 Å². The van der Waals surface area contributed by atoms with Crippen LogP contribution in [0, 0.1) is 0 Å². The first-order valence-corrected chi connectivity index (χ1v) is 9.11. The normalized spacial score (nSPS) is 11.6. The number of hydrogen-bond acceptors (Lipinski definition) is 6. The zero-order valence-electron chi connectivity index (χ0n) is 13.5. The van der Waals surface area contributed by atoms with Crippen LogP contribution in [-0.2, 0) is 14.3 Å². The first-order valence-electron chi connectivity index (χ1n) is 7.35. The number of hydrogen-bond donors (Lipinski definition) is 2.